The molecule has 1 fully saturated rings. The first kappa shape index (κ1) is 16.1. The zero-order valence-electron chi connectivity index (χ0n) is 14.0. The molecule has 1 aromatic rings. The average molecular weight is 314 g/mol. The van der Waals surface area contributed by atoms with Crippen molar-refractivity contribution in [1.82, 2.24) is 0 Å². The molecule has 23 heavy (non-hydrogen) atoms. The van der Waals surface area contributed by atoms with Gasteiger partial charge in [0.1, 0.15) is 5.76 Å². The van der Waals surface area contributed by atoms with Crippen molar-refractivity contribution >= 4 is 5.97 Å². The van der Waals surface area contributed by atoms with E-state index in [1.165, 1.54) is 0 Å². The molecule has 1 N–H and O–H groups in total. The second kappa shape index (κ2) is 6.38. The van der Waals surface area contributed by atoms with Crippen LogP contribution in [0.1, 0.15) is 63.9 Å². The van der Waals surface area contributed by atoms with E-state index in [0.717, 1.165) is 31.2 Å². The van der Waals surface area contributed by atoms with E-state index in [2.05, 4.69) is 26.0 Å². The predicted octanol–water partition coefficient (Wildman–Crippen LogP) is 4.89. The summed E-state index contributed by atoms with van der Waals surface area (Å²) >= 11 is 0. The molecule has 3 heteroatoms. The summed E-state index contributed by atoms with van der Waals surface area (Å²) in [6.07, 6.45) is 5.35. The van der Waals surface area contributed by atoms with Gasteiger partial charge in [-0.1, -0.05) is 57.0 Å². The molecule has 1 atom stereocenters. The highest BCUT2D eigenvalue weighted by atomic mass is 16.6. The minimum atomic E-state index is -0.794. The maximum absolute atomic E-state index is 12.7. The summed E-state index contributed by atoms with van der Waals surface area (Å²) in [5.41, 5.74) is 0.829. The lowest BCUT2D eigenvalue weighted by molar-refractivity contribution is -0.149. The van der Waals surface area contributed by atoms with Crippen LogP contribution in [0.15, 0.2) is 41.7 Å². The Morgan fingerprint density at radius 1 is 1.17 bits per heavy atom. The first-order valence-electron chi connectivity index (χ1n) is 8.85. The first-order chi connectivity index (χ1) is 11.1. The minimum absolute atomic E-state index is 0.0284. The summed E-state index contributed by atoms with van der Waals surface area (Å²) in [7, 11) is 0. The van der Waals surface area contributed by atoms with Crippen LogP contribution in [-0.2, 0) is 9.53 Å². The lowest BCUT2D eigenvalue weighted by Gasteiger charge is -2.27. The monoisotopic (exact) mass is 314 g/mol. The molecule has 0 saturated heterocycles. The third-order valence-corrected chi connectivity index (χ3v) is 5.07. The van der Waals surface area contributed by atoms with Crippen molar-refractivity contribution in [2.24, 2.45) is 5.92 Å². The van der Waals surface area contributed by atoms with E-state index in [1.807, 2.05) is 18.2 Å². The maximum Gasteiger partial charge on any atom is 0.339 e. The van der Waals surface area contributed by atoms with Crippen molar-refractivity contribution in [2.75, 3.05) is 0 Å². The summed E-state index contributed by atoms with van der Waals surface area (Å²) in [6, 6.07) is 10.1. The van der Waals surface area contributed by atoms with Gasteiger partial charge in [-0.05, 0) is 37.2 Å². The quantitative estimate of drug-likeness (QED) is 0.729. The van der Waals surface area contributed by atoms with Gasteiger partial charge >= 0.3 is 5.97 Å². The maximum atomic E-state index is 12.7. The van der Waals surface area contributed by atoms with Gasteiger partial charge in [-0.3, -0.25) is 0 Å². The van der Waals surface area contributed by atoms with Crippen molar-refractivity contribution in [1.29, 1.82) is 0 Å². The Balaban J connectivity index is 2.04. The number of aliphatic hydroxyl groups is 1. The molecule has 0 bridgehead atoms. The zero-order valence-corrected chi connectivity index (χ0v) is 14.0. The molecule has 0 spiro atoms. The molecule has 1 aliphatic heterocycles. The molecule has 1 unspecified atom stereocenters. The second-order valence-corrected chi connectivity index (χ2v) is 6.87. The number of aliphatic hydroxyl groups excluding tert-OH is 1. The lowest BCUT2D eigenvalue weighted by atomic mass is 9.82. The van der Waals surface area contributed by atoms with Crippen LogP contribution >= 0.6 is 0 Å². The van der Waals surface area contributed by atoms with Gasteiger partial charge in [0.25, 0.3) is 0 Å². The van der Waals surface area contributed by atoms with Gasteiger partial charge in [0.2, 0.25) is 0 Å². The van der Waals surface area contributed by atoms with Gasteiger partial charge in [0, 0.05) is 5.92 Å². The standard InChI is InChI=1S/C20H26O3/c1-3-12-20(13-4-2)18(21)17(19(22)23-20)16(15-10-11-15)14-8-6-5-7-9-14/h5-9,15-16,21H,3-4,10-13H2,1-2H3. The highest BCUT2D eigenvalue weighted by Crippen LogP contribution is 2.51. The number of carbonyl (C=O) groups excluding carboxylic acids is 1. The summed E-state index contributed by atoms with van der Waals surface area (Å²) in [4.78, 5) is 12.7. The van der Waals surface area contributed by atoms with Crippen molar-refractivity contribution in [3.05, 3.63) is 47.2 Å². The van der Waals surface area contributed by atoms with Crippen LogP contribution in [0.4, 0.5) is 0 Å². The lowest BCUT2D eigenvalue weighted by Crippen LogP contribution is -2.31. The molecule has 0 aromatic heterocycles. The van der Waals surface area contributed by atoms with Gasteiger partial charge in [-0.2, -0.15) is 0 Å². The van der Waals surface area contributed by atoms with Crippen LogP contribution in [0.25, 0.3) is 0 Å². The number of cyclic esters (lactones) is 1. The minimum Gasteiger partial charge on any atom is -0.507 e. The van der Waals surface area contributed by atoms with E-state index < -0.39 is 5.60 Å². The van der Waals surface area contributed by atoms with Crippen molar-refractivity contribution in [3.63, 3.8) is 0 Å². The van der Waals surface area contributed by atoms with Crippen LogP contribution < -0.4 is 0 Å². The number of esters is 1. The van der Waals surface area contributed by atoms with Crippen LogP contribution in [0.5, 0.6) is 0 Å². The number of benzene rings is 1. The molecular formula is C20H26O3. The molecule has 1 saturated carbocycles. The Hall–Kier alpha value is -1.77. The zero-order chi connectivity index (χ0) is 16.4. The van der Waals surface area contributed by atoms with Gasteiger partial charge in [0.15, 0.2) is 5.60 Å². The van der Waals surface area contributed by atoms with E-state index in [4.69, 9.17) is 4.74 Å². The predicted molar refractivity (Wildman–Crippen MR) is 90.2 cm³/mol. The Bertz CT molecular complexity index is 593. The third-order valence-electron chi connectivity index (χ3n) is 5.07. The largest absolute Gasteiger partial charge is 0.507 e. The summed E-state index contributed by atoms with van der Waals surface area (Å²) in [6.45, 7) is 4.12. The molecule has 124 valence electrons. The van der Waals surface area contributed by atoms with Gasteiger partial charge in [0.05, 0.1) is 5.57 Å². The van der Waals surface area contributed by atoms with E-state index in [1.54, 1.807) is 0 Å². The second-order valence-electron chi connectivity index (χ2n) is 6.87. The number of hydrogen-bond donors (Lipinski definition) is 1. The summed E-state index contributed by atoms with van der Waals surface area (Å²) in [5, 5.41) is 11.0. The fourth-order valence-corrected chi connectivity index (χ4v) is 3.93. The van der Waals surface area contributed by atoms with Crippen molar-refractivity contribution in [2.45, 2.75) is 63.9 Å². The Kier molecular flexibility index (Phi) is 4.47. The molecule has 3 nitrogen and oxygen atoms in total. The average Bonchev–Trinajstić information content (AvgIpc) is 3.34. The molecule has 0 radical (unpaired) electrons. The Morgan fingerprint density at radius 3 is 2.30 bits per heavy atom. The fraction of sp³-hybridized carbons (Fsp3) is 0.550. The Labute approximate surface area is 138 Å². The van der Waals surface area contributed by atoms with Crippen molar-refractivity contribution in [3.8, 4) is 0 Å². The van der Waals surface area contributed by atoms with Gasteiger partial charge in [-0.15, -0.1) is 0 Å². The van der Waals surface area contributed by atoms with E-state index in [9.17, 15) is 9.90 Å². The molecule has 1 aliphatic carbocycles. The van der Waals surface area contributed by atoms with Crippen LogP contribution in [0.3, 0.4) is 0 Å². The number of hydrogen-bond acceptors (Lipinski definition) is 3. The topological polar surface area (TPSA) is 46.5 Å². The third kappa shape index (κ3) is 2.89. The SMILES string of the molecule is CCCC1(CCC)OC(=O)C(C(c2ccccc2)C2CC2)=C1O. The van der Waals surface area contributed by atoms with Crippen molar-refractivity contribution < 1.29 is 14.6 Å². The molecule has 1 aromatic carbocycles. The smallest absolute Gasteiger partial charge is 0.339 e. The molecule has 3 rings (SSSR count). The van der Waals surface area contributed by atoms with E-state index >= 15 is 0 Å². The van der Waals surface area contributed by atoms with Crippen LogP contribution in [0.2, 0.25) is 0 Å². The highest BCUT2D eigenvalue weighted by Gasteiger charge is 2.51. The van der Waals surface area contributed by atoms with Gasteiger partial charge in [-0.25, -0.2) is 4.79 Å². The molecule has 1 heterocycles. The normalized spacial score (nSPS) is 21.4. The van der Waals surface area contributed by atoms with Gasteiger partial charge < -0.3 is 9.84 Å². The summed E-state index contributed by atoms with van der Waals surface area (Å²) in [5.74, 6) is 0.303. The number of ether oxygens (including phenoxy) is 1. The Morgan fingerprint density at radius 2 is 1.78 bits per heavy atom. The summed E-state index contributed by atoms with van der Waals surface area (Å²) < 4.78 is 5.77. The molecule has 0 amide bonds. The fourth-order valence-electron chi connectivity index (χ4n) is 3.93. The van der Waals surface area contributed by atoms with Crippen LogP contribution in [-0.4, -0.2) is 16.7 Å². The highest BCUT2D eigenvalue weighted by molar-refractivity contribution is 5.94. The van der Waals surface area contributed by atoms with E-state index in [-0.39, 0.29) is 17.6 Å². The first-order valence-corrected chi connectivity index (χ1v) is 8.85. The molecular weight excluding hydrogens is 288 g/mol. The number of carbonyl (C=O) groups is 1. The van der Waals surface area contributed by atoms with Crippen LogP contribution in [0, 0.1) is 5.92 Å². The van der Waals surface area contributed by atoms with E-state index in [0.29, 0.717) is 24.3 Å². The molecule has 2 aliphatic rings. The number of rotatable bonds is 7.